The minimum atomic E-state index is 0.623. The van der Waals surface area contributed by atoms with Crippen LogP contribution in [0.5, 0.6) is 0 Å². The lowest BCUT2D eigenvalue weighted by molar-refractivity contribution is 1.16. The Kier molecular flexibility index (Phi) is 5.84. The van der Waals surface area contributed by atoms with E-state index in [9.17, 15) is 5.26 Å². The van der Waals surface area contributed by atoms with E-state index in [0.29, 0.717) is 5.56 Å². The summed E-state index contributed by atoms with van der Waals surface area (Å²) in [5, 5.41) is 14.8. The Balaban J connectivity index is 1.27. The number of pyridine rings is 1. The summed E-state index contributed by atoms with van der Waals surface area (Å²) in [6.07, 6.45) is 3.83. The van der Waals surface area contributed by atoms with Gasteiger partial charge in [0.2, 0.25) is 0 Å². The van der Waals surface area contributed by atoms with Crippen molar-refractivity contribution in [2.75, 3.05) is 0 Å². The van der Waals surface area contributed by atoms with E-state index in [1.165, 1.54) is 21.5 Å². The van der Waals surface area contributed by atoms with Crippen LogP contribution in [0.1, 0.15) is 5.56 Å². The molecule has 46 heavy (non-hydrogen) atoms. The fourth-order valence-corrected chi connectivity index (χ4v) is 7.05. The predicted octanol–water partition coefficient (Wildman–Crippen LogP) is 10.5. The van der Waals surface area contributed by atoms with Gasteiger partial charge in [-0.15, -0.1) is 0 Å². The average Bonchev–Trinajstić information content (AvgIpc) is 3.64. The zero-order chi connectivity index (χ0) is 30.6. The van der Waals surface area contributed by atoms with Gasteiger partial charge in [-0.1, -0.05) is 97.1 Å². The van der Waals surface area contributed by atoms with Gasteiger partial charge in [0.15, 0.2) is 0 Å². The van der Waals surface area contributed by atoms with Crippen LogP contribution >= 0.6 is 0 Å². The molecule has 0 N–H and O–H groups in total. The fraction of sp³-hybridized carbons (Fsp3) is 0. The van der Waals surface area contributed by atoms with Gasteiger partial charge in [0, 0.05) is 45.1 Å². The topological polar surface area (TPSA) is 46.5 Å². The maximum absolute atomic E-state index is 9.94. The number of hydrogen-bond acceptors (Lipinski definition) is 2. The summed E-state index contributed by atoms with van der Waals surface area (Å²) in [5.41, 5.74) is 11.4. The van der Waals surface area contributed by atoms with Crippen molar-refractivity contribution in [3.63, 3.8) is 0 Å². The number of rotatable bonds is 4. The van der Waals surface area contributed by atoms with Crippen LogP contribution in [0.15, 0.2) is 158 Å². The number of para-hydroxylation sites is 4. The number of nitrogens with zero attached hydrogens (tertiary/aromatic N) is 4. The molecule has 9 aromatic rings. The van der Waals surface area contributed by atoms with Crippen molar-refractivity contribution >= 4 is 43.6 Å². The Hall–Kier alpha value is -6.44. The highest BCUT2D eigenvalue weighted by atomic mass is 15.0. The molecule has 0 atom stereocenters. The zero-order valence-corrected chi connectivity index (χ0v) is 24.8. The molecule has 0 spiro atoms. The summed E-state index contributed by atoms with van der Waals surface area (Å²) in [6.45, 7) is 0. The predicted molar refractivity (Wildman–Crippen MR) is 189 cm³/mol. The van der Waals surface area contributed by atoms with Crippen LogP contribution in [0.3, 0.4) is 0 Å². The summed E-state index contributed by atoms with van der Waals surface area (Å²) in [4.78, 5) is 4.59. The Morgan fingerprint density at radius 1 is 0.457 bits per heavy atom. The largest absolute Gasteiger partial charge is 0.309 e. The van der Waals surface area contributed by atoms with E-state index in [0.717, 1.165) is 55.7 Å². The molecule has 0 aliphatic heterocycles. The van der Waals surface area contributed by atoms with Crippen molar-refractivity contribution in [3.05, 3.63) is 164 Å². The molecule has 0 bridgehead atoms. The minimum Gasteiger partial charge on any atom is -0.309 e. The SMILES string of the molecule is N#Cc1ccc(-c2cccc(-c3cnccc3-n3c4ccccc4c4ccccc43)c2)c(-n2c3ccccc3c3ccccc32)c1. The Morgan fingerprint density at radius 3 is 1.50 bits per heavy atom. The minimum absolute atomic E-state index is 0.623. The van der Waals surface area contributed by atoms with Crippen molar-refractivity contribution in [1.29, 1.82) is 5.26 Å². The molecular formula is C42H26N4. The standard InChI is InChI=1S/C42H26N4/c43-26-28-20-21-31(42(24-28)46-39-18-7-3-14-34(39)35-15-4-8-19-40(35)46)29-10-9-11-30(25-29)36-27-44-23-22-41(36)45-37-16-5-1-12-32(37)33-13-2-6-17-38(33)45/h1-25,27H. The van der Waals surface area contributed by atoms with E-state index in [4.69, 9.17) is 0 Å². The number of benzene rings is 6. The number of hydrogen-bond donors (Lipinski definition) is 0. The number of nitriles is 1. The van der Waals surface area contributed by atoms with Gasteiger partial charge in [0.25, 0.3) is 0 Å². The van der Waals surface area contributed by atoms with Gasteiger partial charge in [-0.2, -0.15) is 5.26 Å². The van der Waals surface area contributed by atoms with Crippen LogP contribution in [0.2, 0.25) is 0 Å². The molecular weight excluding hydrogens is 560 g/mol. The average molecular weight is 587 g/mol. The summed E-state index contributed by atoms with van der Waals surface area (Å²) >= 11 is 0. The summed E-state index contributed by atoms with van der Waals surface area (Å²) in [7, 11) is 0. The smallest absolute Gasteiger partial charge is 0.0992 e. The molecule has 6 aromatic carbocycles. The lowest BCUT2D eigenvalue weighted by Crippen LogP contribution is -1.99. The lowest BCUT2D eigenvalue weighted by Gasteiger charge is -2.17. The van der Waals surface area contributed by atoms with Crippen LogP contribution in [-0.2, 0) is 0 Å². The van der Waals surface area contributed by atoms with Crippen LogP contribution in [-0.4, -0.2) is 14.1 Å². The first kappa shape index (κ1) is 26.0. The summed E-state index contributed by atoms with van der Waals surface area (Å²) in [6, 6.07) is 53.2. The third kappa shape index (κ3) is 3.89. The first-order valence-corrected chi connectivity index (χ1v) is 15.4. The Labute approximate surface area is 265 Å². The highest BCUT2D eigenvalue weighted by Gasteiger charge is 2.18. The zero-order valence-electron chi connectivity index (χ0n) is 24.8. The first-order chi connectivity index (χ1) is 22.8. The second kappa shape index (κ2) is 10.3. The van der Waals surface area contributed by atoms with Gasteiger partial charge in [0.1, 0.15) is 0 Å². The molecule has 0 radical (unpaired) electrons. The van der Waals surface area contributed by atoms with Crippen molar-refractivity contribution in [3.8, 4) is 39.7 Å². The van der Waals surface area contributed by atoms with Crippen LogP contribution in [0.4, 0.5) is 0 Å². The van der Waals surface area contributed by atoms with E-state index in [1.54, 1.807) is 0 Å². The van der Waals surface area contributed by atoms with E-state index >= 15 is 0 Å². The first-order valence-electron chi connectivity index (χ1n) is 15.4. The molecule has 3 heterocycles. The third-order valence-electron chi connectivity index (χ3n) is 9.05. The van der Waals surface area contributed by atoms with Gasteiger partial charge >= 0.3 is 0 Å². The van der Waals surface area contributed by atoms with Crippen LogP contribution < -0.4 is 0 Å². The molecule has 4 nitrogen and oxygen atoms in total. The van der Waals surface area contributed by atoms with Gasteiger partial charge in [-0.05, 0) is 59.7 Å². The molecule has 214 valence electrons. The monoisotopic (exact) mass is 586 g/mol. The molecule has 0 aliphatic rings. The molecule has 4 heteroatoms. The summed E-state index contributed by atoms with van der Waals surface area (Å²) in [5.74, 6) is 0. The van der Waals surface area contributed by atoms with Crippen LogP contribution in [0, 0.1) is 11.3 Å². The van der Waals surface area contributed by atoms with Gasteiger partial charge in [-0.25, -0.2) is 0 Å². The van der Waals surface area contributed by atoms with Gasteiger partial charge in [-0.3, -0.25) is 4.98 Å². The molecule has 0 unspecified atom stereocenters. The molecule has 0 amide bonds. The maximum Gasteiger partial charge on any atom is 0.0992 e. The van der Waals surface area contributed by atoms with Gasteiger partial charge in [0.05, 0.1) is 45.1 Å². The molecule has 0 aliphatic carbocycles. The van der Waals surface area contributed by atoms with E-state index in [2.05, 4.69) is 154 Å². The highest BCUT2D eigenvalue weighted by molar-refractivity contribution is 6.11. The molecule has 0 saturated heterocycles. The lowest BCUT2D eigenvalue weighted by atomic mass is 9.96. The van der Waals surface area contributed by atoms with E-state index < -0.39 is 0 Å². The maximum atomic E-state index is 9.94. The summed E-state index contributed by atoms with van der Waals surface area (Å²) < 4.78 is 4.64. The molecule has 0 fully saturated rings. The quantitative estimate of drug-likeness (QED) is 0.206. The normalized spacial score (nSPS) is 11.5. The fourth-order valence-electron chi connectivity index (χ4n) is 7.05. The van der Waals surface area contributed by atoms with E-state index in [1.807, 2.05) is 24.5 Å². The van der Waals surface area contributed by atoms with Crippen molar-refractivity contribution < 1.29 is 0 Å². The Morgan fingerprint density at radius 2 is 0.957 bits per heavy atom. The van der Waals surface area contributed by atoms with E-state index in [-0.39, 0.29) is 0 Å². The van der Waals surface area contributed by atoms with Gasteiger partial charge < -0.3 is 9.13 Å². The van der Waals surface area contributed by atoms with Crippen LogP contribution in [0.25, 0.3) is 77.2 Å². The van der Waals surface area contributed by atoms with Crippen molar-refractivity contribution in [2.45, 2.75) is 0 Å². The second-order valence-electron chi connectivity index (χ2n) is 11.6. The molecule has 9 rings (SSSR count). The molecule has 0 saturated carbocycles. The Bertz CT molecular complexity index is 2560. The molecule has 3 aromatic heterocycles. The third-order valence-corrected chi connectivity index (χ3v) is 9.05. The number of aromatic nitrogens is 3. The number of fused-ring (bicyclic) bond motifs is 6. The second-order valence-corrected chi connectivity index (χ2v) is 11.6. The van der Waals surface area contributed by atoms with Crippen molar-refractivity contribution in [2.24, 2.45) is 0 Å². The highest BCUT2D eigenvalue weighted by Crippen LogP contribution is 2.39. The van der Waals surface area contributed by atoms with Crippen molar-refractivity contribution in [1.82, 2.24) is 14.1 Å².